The number of carbonyl (C=O) groups excluding carboxylic acids is 1. The van der Waals surface area contributed by atoms with E-state index >= 15 is 0 Å². The maximum atomic E-state index is 13.6. The molecule has 3 aromatic carbocycles. The summed E-state index contributed by atoms with van der Waals surface area (Å²) in [5.74, 6) is 0.188. The lowest BCUT2D eigenvalue weighted by Gasteiger charge is -2.25. The molecule has 150 valence electrons. The number of benzene rings is 3. The SMILES string of the molecule is COc1ccc(C)cc1NC(=O)[C@H](c1ccccc1)[NH+](C)Cc1cccc(F)c1. The number of likely N-dealkylation sites (N-methyl/N-ethyl adjacent to an activating group) is 1. The number of ether oxygens (including phenoxy) is 1. The van der Waals surface area contributed by atoms with Gasteiger partial charge in [-0.05, 0) is 36.8 Å². The number of carbonyl (C=O) groups is 1. The Morgan fingerprint density at radius 2 is 1.83 bits per heavy atom. The van der Waals surface area contributed by atoms with Gasteiger partial charge in [0.2, 0.25) is 0 Å². The van der Waals surface area contributed by atoms with Gasteiger partial charge in [-0.15, -0.1) is 0 Å². The van der Waals surface area contributed by atoms with E-state index in [0.29, 0.717) is 18.0 Å². The lowest BCUT2D eigenvalue weighted by Crippen LogP contribution is -3.09. The highest BCUT2D eigenvalue weighted by atomic mass is 19.1. The number of quaternary nitrogens is 1. The standard InChI is InChI=1S/C24H25FN2O2/c1-17-12-13-22(29-3)21(14-17)26-24(28)23(19-9-5-4-6-10-19)27(2)16-18-8-7-11-20(25)15-18/h4-15,23H,16H2,1-3H3,(H,26,28)/p+1/t23-/m0/s1. The van der Waals surface area contributed by atoms with E-state index in [1.807, 2.05) is 68.6 Å². The number of anilines is 1. The second kappa shape index (κ2) is 9.34. The van der Waals surface area contributed by atoms with Crippen molar-refractivity contribution in [2.75, 3.05) is 19.5 Å². The molecule has 29 heavy (non-hydrogen) atoms. The molecule has 0 saturated carbocycles. The van der Waals surface area contributed by atoms with Gasteiger partial charge in [0.15, 0.2) is 6.04 Å². The van der Waals surface area contributed by atoms with Crippen LogP contribution >= 0.6 is 0 Å². The molecule has 1 unspecified atom stereocenters. The van der Waals surface area contributed by atoms with Crippen LogP contribution in [0.2, 0.25) is 0 Å². The van der Waals surface area contributed by atoms with Crippen molar-refractivity contribution < 1.29 is 18.8 Å². The second-order valence-corrected chi connectivity index (χ2v) is 7.19. The van der Waals surface area contributed by atoms with Crippen LogP contribution in [0.3, 0.4) is 0 Å². The van der Waals surface area contributed by atoms with Crippen LogP contribution in [0, 0.1) is 12.7 Å². The van der Waals surface area contributed by atoms with Gasteiger partial charge in [0.05, 0.1) is 19.8 Å². The Balaban J connectivity index is 1.89. The molecular weight excluding hydrogens is 367 g/mol. The Bertz CT molecular complexity index is 976. The van der Waals surface area contributed by atoms with E-state index in [1.165, 1.54) is 12.1 Å². The average Bonchev–Trinajstić information content (AvgIpc) is 2.69. The number of halogens is 1. The summed E-state index contributed by atoms with van der Waals surface area (Å²) in [5, 5.41) is 3.02. The van der Waals surface area contributed by atoms with Crippen LogP contribution < -0.4 is 15.0 Å². The van der Waals surface area contributed by atoms with Crippen LogP contribution in [0.5, 0.6) is 5.75 Å². The minimum absolute atomic E-state index is 0.144. The minimum atomic E-state index is -0.468. The Morgan fingerprint density at radius 1 is 1.07 bits per heavy atom. The first-order chi connectivity index (χ1) is 14.0. The third-order valence-electron chi connectivity index (χ3n) is 4.87. The van der Waals surface area contributed by atoms with Crippen molar-refractivity contribution in [1.82, 2.24) is 0 Å². The summed E-state index contributed by atoms with van der Waals surface area (Å²) >= 11 is 0. The molecule has 0 bridgehead atoms. The molecule has 0 saturated heterocycles. The predicted octanol–water partition coefficient (Wildman–Crippen LogP) is 3.54. The molecule has 4 nitrogen and oxygen atoms in total. The Labute approximate surface area is 170 Å². The molecule has 3 rings (SSSR count). The Hall–Kier alpha value is -3.18. The van der Waals surface area contributed by atoms with Crippen LogP contribution in [0.15, 0.2) is 72.8 Å². The van der Waals surface area contributed by atoms with Gasteiger partial charge in [0.25, 0.3) is 5.91 Å². The number of nitrogens with one attached hydrogen (secondary N) is 2. The van der Waals surface area contributed by atoms with Crippen molar-refractivity contribution in [1.29, 1.82) is 0 Å². The first kappa shape index (κ1) is 20.6. The topological polar surface area (TPSA) is 42.8 Å². The summed E-state index contributed by atoms with van der Waals surface area (Å²) in [5.41, 5.74) is 3.39. The lowest BCUT2D eigenvalue weighted by molar-refractivity contribution is -0.915. The normalized spacial score (nSPS) is 12.8. The average molecular weight is 393 g/mol. The maximum Gasteiger partial charge on any atom is 0.287 e. The highest BCUT2D eigenvalue weighted by molar-refractivity contribution is 5.96. The molecule has 3 aromatic rings. The molecule has 0 aromatic heterocycles. The van der Waals surface area contributed by atoms with E-state index < -0.39 is 6.04 Å². The van der Waals surface area contributed by atoms with Gasteiger partial charge in [-0.25, -0.2) is 4.39 Å². The third kappa shape index (κ3) is 5.21. The van der Waals surface area contributed by atoms with Crippen LogP contribution in [-0.4, -0.2) is 20.1 Å². The summed E-state index contributed by atoms with van der Waals surface area (Å²) < 4.78 is 19.0. The van der Waals surface area contributed by atoms with Crippen molar-refractivity contribution in [3.05, 3.63) is 95.3 Å². The molecule has 0 aliphatic rings. The Morgan fingerprint density at radius 3 is 2.52 bits per heavy atom. The number of rotatable bonds is 7. The van der Waals surface area contributed by atoms with Gasteiger partial charge in [0.1, 0.15) is 18.1 Å². The molecule has 0 aliphatic carbocycles. The predicted molar refractivity (Wildman–Crippen MR) is 113 cm³/mol. The summed E-state index contributed by atoms with van der Waals surface area (Å²) in [6.45, 7) is 2.47. The van der Waals surface area contributed by atoms with Crippen LogP contribution in [0.25, 0.3) is 0 Å². The fraction of sp³-hybridized carbons (Fsp3) is 0.208. The number of aryl methyl sites for hydroxylation is 1. The summed E-state index contributed by atoms with van der Waals surface area (Å²) in [7, 11) is 3.52. The molecule has 0 spiro atoms. The highest BCUT2D eigenvalue weighted by Crippen LogP contribution is 2.26. The zero-order chi connectivity index (χ0) is 20.8. The first-order valence-corrected chi connectivity index (χ1v) is 9.55. The molecular formula is C24H26FN2O2+. The zero-order valence-electron chi connectivity index (χ0n) is 16.9. The third-order valence-corrected chi connectivity index (χ3v) is 4.87. The van der Waals surface area contributed by atoms with Crippen LogP contribution in [0.1, 0.15) is 22.7 Å². The highest BCUT2D eigenvalue weighted by Gasteiger charge is 2.30. The molecule has 2 N–H and O–H groups in total. The zero-order valence-corrected chi connectivity index (χ0v) is 16.9. The van der Waals surface area contributed by atoms with Crippen molar-refractivity contribution in [2.45, 2.75) is 19.5 Å². The quantitative estimate of drug-likeness (QED) is 0.645. The van der Waals surface area contributed by atoms with Gasteiger partial charge in [-0.2, -0.15) is 0 Å². The van der Waals surface area contributed by atoms with Crippen molar-refractivity contribution in [3.63, 3.8) is 0 Å². The van der Waals surface area contributed by atoms with Crippen molar-refractivity contribution >= 4 is 11.6 Å². The molecule has 2 atom stereocenters. The minimum Gasteiger partial charge on any atom is -0.495 e. The molecule has 0 fully saturated rings. The van der Waals surface area contributed by atoms with Gasteiger partial charge in [0, 0.05) is 11.1 Å². The van der Waals surface area contributed by atoms with Crippen LogP contribution in [0.4, 0.5) is 10.1 Å². The lowest BCUT2D eigenvalue weighted by atomic mass is 10.0. The number of hydrogen-bond acceptors (Lipinski definition) is 2. The van der Waals surface area contributed by atoms with E-state index in [-0.39, 0.29) is 11.7 Å². The maximum absolute atomic E-state index is 13.6. The summed E-state index contributed by atoms with van der Waals surface area (Å²) in [4.78, 5) is 14.3. The fourth-order valence-corrected chi connectivity index (χ4v) is 3.50. The molecule has 0 aliphatic heterocycles. The van der Waals surface area contributed by atoms with E-state index in [9.17, 15) is 9.18 Å². The van der Waals surface area contributed by atoms with Gasteiger partial charge >= 0.3 is 0 Å². The first-order valence-electron chi connectivity index (χ1n) is 9.55. The van der Waals surface area contributed by atoms with Crippen molar-refractivity contribution in [3.8, 4) is 5.75 Å². The number of amides is 1. The van der Waals surface area contributed by atoms with E-state index in [4.69, 9.17) is 4.74 Å². The number of hydrogen-bond donors (Lipinski definition) is 2. The van der Waals surface area contributed by atoms with E-state index in [2.05, 4.69) is 5.32 Å². The molecule has 1 amide bonds. The number of methoxy groups -OCH3 is 1. The molecule has 0 heterocycles. The smallest absolute Gasteiger partial charge is 0.287 e. The van der Waals surface area contributed by atoms with E-state index in [0.717, 1.165) is 21.6 Å². The second-order valence-electron chi connectivity index (χ2n) is 7.19. The fourth-order valence-electron chi connectivity index (χ4n) is 3.50. The van der Waals surface area contributed by atoms with Gasteiger partial charge < -0.3 is 15.0 Å². The van der Waals surface area contributed by atoms with E-state index in [1.54, 1.807) is 13.2 Å². The molecule has 5 heteroatoms. The largest absolute Gasteiger partial charge is 0.495 e. The van der Waals surface area contributed by atoms with Gasteiger partial charge in [-0.3, -0.25) is 4.79 Å². The van der Waals surface area contributed by atoms with Crippen molar-refractivity contribution in [2.24, 2.45) is 0 Å². The monoisotopic (exact) mass is 393 g/mol. The van der Waals surface area contributed by atoms with Crippen LogP contribution in [-0.2, 0) is 11.3 Å². The molecule has 0 radical (unpaired) electrons. The van der Waals surface area contributed by atoms with Gasteiger partial charge in [-0.1, -0.05) is 48.5 Å². The summed E-state index contributed by atoms with van der Waals surface area (Å²) in [6, 6.07) is 21.3. The Kier molecular flexibility index (Phi) is 6.62. The summed E-state index contributed by atoms with van der Waals surface area (Å²) in [6.07, 6.45) is 0.